The van der Waals surface area contributed by atoms with Gasteiger partial charge in [0.15, 0.2) is 0 Å². The van der Waals surface area contributed by atoms with Crippen molar-refractivity contribution in [1.82, 2.24) is 4.98 Å². The number of hydrogen-bond acceptors (Lipinski definition) is 3. The molecule has 0 fully saturated rings. The SMILES string of the molecule is NC(Cc1sccc1Br)c1nc2ccccc2cc1Br. The van der Waals surface area contributed by atoms with Crippen LogP contribution in [0.5, 0.6) is 0 Å². The number of benzene rings is 1. The summed E-state index contributed by atoms with van der Waals surface area (Å²) in [5.74, 6) is 0. The Balaban J connectivity index is 1.96. The van der Waals surface area contributed by atoms with Crippen molar-refractivity contribution < 1.29 is 0 Å². The second-order valence-corrected chi connectivity index (χ2v) is 7.26. The zero-order valence-corrected chi connectivity index (χ0v) is 14.5. The van der Waals surface area contributed by atoms with Gasteiger partial charge in [-0.1, -0.05) is 18.2 Å². The van der Waals surface area contributed by atoms with Crippen LogP contribution in [0.3, 0.4) is 0 Å². The minimum absolute atomic E-state index is 0.121. The lowest BCUT2D eigenvalue weighted by molar-refractivity contribution is 0.702. The van der Waals surface area contributed by atoms with E-state index >= 15 is 0 Å². The van der Waals surface area contributed by atoms with Gasteiger partial charge in [0, 0.05) is 25.6 Å². The van der Waals surface area contributed by atoms with Crippen molar-refractivity contribution in [2.75, 3.05) is 0 Å². The number of pyridine rings is 1. The average molecular weight is 412 g/mol. The molecule has 3 rings (SSSR count). The summed E-state index contributed by atoms with van der Waals surface area (Å²) in [6.07, 6.45) is 0.780. The quantitative estimate of drug-likeness (QED) is 0.653. The summed E-state index contributed by atoms with van der Waals surface area (Å²) in [7, 11) is 0. The summed E-state index contributed by atoms with van der Waals surface area (Å²) < 4.78 is 2.09. The van der Waals surface area contributed by atoms with Gasteiger partial charge in [-0.15, -0.1) is 11.3 Å². The van der Waals surface area contributed by atoms with E-state index in [0.717, 1.165) is 32.0 Å². The first-order valence-corrected chi connectivity index (χ1v) is 8.64. The first-order valence-electron chi connectivity index (χ1n) is 6.18. The zero-order valence-electron chi connectivity index (χ0n) is 10.5. The van der Waals surface area contributed by atoms with Gasteiger partial charge >= 0.3 is 0 Å². The lowest BCUT2D eigenvalue weighted by Gasteiger charge is -2.13. The maximum Gasteiger partial charge on any atom is 0.0724 e. The molecule has 102 valence electrons. The summed E-state index contributed by atoms with van der Waals surface area (Å²) in [4.78, 5) is 5.95. The van der Waals surface area contributed by atoms with Crippen LogP contribution in [0, 0.1) is 0 Å². The maximum absolute atomic E-state index is 6.34. The Morgan fingerprint density at radius 1 is 1.15 bits per heavy atom. The molecule has 0 saturated carbocycles. The van der Waals surface area contributed by atoms with Gasteiger partial charge in [0.1, 0.15) is 0 Å². The van der Waals surface area contributed by atoms with Crippen LogP contribution in [0.15, 0.2) is 50.7 Å². The van der Waals surface area contributed by atoms with Crippen LogP contribution in [-0.2, 0) is 6.42 Å². The van der Waals surface area contributed by atoms with Crippen LogP contribution in [0.4, 0.5) is 0 Å². The van der Waals surface area contributed by atoms with Gasteiger partial charge in [-0.3, -0.25) is 0 Å². The van der Waals surface area contributed by atoms with Gasteiger partial charge in [-0.25, -0.2) is 4.98 Å². The number of nitrogens with two attached hydrogens (primary N) is 1. The zero-order chi connectivity index (χ0) is 14.1. The first kappa shape index (κ1) is 14.2. The second kappa shape index (κ2) is 5.93. The third kappa shape index (κ3) is 2.81. The normalized spacial score (nSPS) is 12.8. The van der Waals surface area contributed by atoms with E-state index in [2.05, 4.69) is 55.4 Å². The third-order valence-electron chi connectivity index (χ3n) is 3.15. The van der Waals surface area contributed by atoms with E-state index in [1.807, 2.05) is 18.2 Å². The molecule has 20 heavy (non-hydrogen) atoms. The number of para-hydroxylation sites is 1. The molecule has 1 aromatic carbocycles. The summed E-state index contributed by atoms with van der Waals surface area (Å²) in [6, 6.07) is 12.1. The molecule has 2 nitrogen and oxygen atoms in total. The largest absolute Gasteiger partial charge is 0.322 e. The fourth-order valence-electron chi connectivity index (χ4n) is 2.13. The van der Waals surface area contributed by atoms with Crippen LogP contribution < -0.4 is 5.73 Å². The van der Waals surface area contributed by atoms with Gasteiger partial charge in [-0.2, -0.15) is 0 Å². The molecule has 2 aromatic heterocycles. The van der Waals surface area contributed by atoms with Crippen LogP contribution in [0.25, 0.3) is 10.9 Å². The number of fused-ring (bicyclic) bond motifs is 1. The molecule has 2 heterocycles. The second-order valence-electron chi connectivity index (χ2n) is 4.55. The highest BCUT2D eigenvalue weighted by Gasteiger charge is 2.15. The predicted molar refractivity (Wildman–Crippen MR) is 92.1 cm³/mol. The minimum atomic E-state index is -0.121. The molecule has 0 aliphatic carbocycles. The molecular formula is C15H12Br2N2S. The maximum atomic E-state index is 6.34. The molecule has 0 radical (unpaired) electrons. The third-order valence-corrected chi connectivity index (χ3v) is 5.74. The van der Waals surface area contributed by atoms with E-state index in [4.69, 9.17) is 10.7 Å². The Hall–Kier alpha value is -0.750. The monoisotopic (exact) mass is 410 g/mol. The van der Waals surface area contributed by atoms with Crippen molar-refractivity contribution in [3.05, 3.63) is 61.3 Å². The number of nitrogens with zero attached hydrogens (tertiary/aromatic N) is 1. The topological polar surface area (TPSA) is 38.9 Å². The fourth-order valence-corrected chi connectivity index (χ4v) is 4.34. The smallest absolute Gasteiger partial charge is 0.0724 e. The molecule has 2 N–H and O–H groups in total. The van der Waals surface area contributed by atoms with Crippen LogP contribution >= 0.6 is 43.2 Å². The number of halogens is 2. The highest BCUT2D eigenvalue weighted by molar-refractivity contribution is 9.10. The highest BCUT2D eigenvalue weighted by Crippen LogP contribution is 2.30. The Bertz CT molecular complexity index is 754. The van der Waals surface area contributed by atoms with E-state index in [1.165, 1.54) is 4.88 Å². The molecule has 1 unspecified atom stereocenters. The van der Waals surface area contributed by atoms with Gasteiger partial charge in [0.05, 0.1) is 17.3 Å². The van der Waals surface area contributed by atoms with Gasteiger partial charge < -0.3 is 5.73 Å². The van der Waals surface area contributed by atoms with Gasteiger partial charge in [-0.05, 0) is 55.4 Å². The van der Waals surface area contributed by atoms with Crippen molar-refractivity contribution in [1.29, 1.82) is 0 Å². The molecule has 0 saturated heterocycles. The lowest BCUT2D eigenvalue weighted by atomic mass is 10.1. The Morgan fingerprint density at radius 2 is 1.95 bits per heavy atom. The first-order chi connectivity index (χ1) is 9.65. The van der Waals surface area contributed by atoms with Gasteiger partial charge in [0.2, 0.25) is 0 Å². The van der Waals surface area contributed by atoms with Crippen molar-refractivity contribution in [3.8, 4) is 0 Å². The molecule has 1 atom stereocenters. The number of hydrogen-bond donors (Lipinski definition) is 1. The van der Waals surface area contributed by atoms with Crippen LogP contribution in [-0.4, -0.2) is 4.98 Å². The van der Waals surface area contributed by atoms with Crippen molar-refractivity contribution in [3.63, 3.8) is 0 Å². The molecule has 0 aliphatic rings. The number of rotatable bonds is 3. The molecule has 0 spiro atoms. The Labute approximate surface area is 138 Å². The van der Waals surface area contributed by atoms with E-state index in [-0.39, 0.29) is 6.04 Å². The summed E-state index contributed by atoms with van der Waals surface area (Å²) in [5, 5.41) is 3.18. The Morgan fingerprint density at radius 3 is 2.70 bits per heavy atom. The van der Waals surface area contributed by atoms with Crippen molar-refractivity contribution >= 4 is 54.1 Å². The van der Waals surface area contributed by atoms with Crippen molar-refractivity contribution in [2.45, 2.75) is 12.5 Å². The molecule has 0 aliphatic heterocycles. The molecular weight excluding hydrogens is 400 g/mol. The lowest BCUT2D eigenvalue weighted by Crippen LogP contribution is -2.15. The number of thiophene rings is 1. The summed E-state index contributed by atoms with van der Waals surface area (Å²) >= 11 is 8.85. The minimum Gasteiger partial charge on any atom is -0.322 e. The average Bonchev–Trinajstić information content (AvgIpc) is 2.83. The summed E-state index contributed by atoms with van der Waals surface area (Å²) in [6.45, 7) is 0. The van der Waals surface area contributed by atoms with Crippen LogP contribution in [0.1, 0.15) is 16.6 Å². The predicted octanol–water partition coefficient (Wildman–Crippen LogP) is 5.06. The van der Waals surface area contributed by atoms with E-state index in [9.17, 15) is 0 Å². The number of aromatic nitrogens is 1. The van der Waals surface area contributed by atoms with E-state index < -0.39 is 0 Å². The molecule has 5 heteroatoms. The van der Waals surface area contributed by atoms with E-state index in [1.54, 1.807) is 11.3 Å². The molecule has 0 bridgehead atoms. The Kier molecular flexibility index (Phi) is 4.21. The van der Waals surface area contributed by atoms with Crippen molar-refractivity contribution in [2.24, 2.45) is 5.73 Å². The highest BCUT2D eigenvalue weighted by atomic mass is 79.9. The molecule has 3 aromatic rings. The van der Waals surface area contributed by atoms with Crippen LogP contribution in [0.2, 0.25) is 0 Å². The standard InChI is InChI=1S/C15H12Br2N2S/c16-10-5-6-20-14(10)8-12(18)15-11(17)7-9-3-1-2-4-13(9)19-15/h1-7,12H,8,18H2. The van der Waals surface area contributed by atoms with Gasteiger partial charge in [0.25, 0.3) is 0 Å². The van der Waals surface area contributed by atoms with E-state index in [0.29, 0.717) is 0 Å². The fraction of sp³-hybridized carbons (Fsp3) is 0.133. The molecule has 0 amide bonds. The summed E-state index contributed by atoms with van der Waals surface area (Å²) in [5.41, 5.74) is 8.22.